The predicted molar refractivity (Wildman–Crippen MR) is 143 cm³/mol. The molecule has 0 aliphatic heterocycles. The summed E-state index contributed by atoms with van der Waals surface area (Å²) < 4.78 is 25.5. The third-order valence-corrected chi connectivity index (χ3v) is 6.05. The number of ether oxygens (including phenoxy) is 2. The molecule has 4 rings (SSSR count). The molecular weight excluding hydrogens is 495 g/mol. The molecule has 0 bridgehead atoms. The smallest absolute Gasteiger partial charge is 0.357 e. The number of para-hydroxylation sites is 2. The van der Waals surface area contributed by atoms with Gasteiger partial charge < -0.3 is 19.7 Å². The third-order valence-electron chi connectivity index (χ3n) is 5.75. The lowest BCUT2D eigenvalue weighted by atomic mass is 10.1. The summed E-state index contributed by atoms with van der Waals surface area (Å²) in [5.74, 6) is -1.06. The van der Waals surface area contributed by atoms with Crippen molar-refractivity contribution in [1.82, 2.24) is 9.97 Å². The van der Waals surface area contributed by atoms with Crippen LogP contribution in [0.25, 0.3) is 11.4 Å². The second-order valence-electron chi connectivity index (χ2n) is 8.06. The van der Waals surface area contributed by atoms with Crippen molar-refractivity contribution in [3.8, 4) is 17.1 Å². The zero-order chi connectivity index (χ0) is 26.4. The molecule has 0 atom stereocenters. The van der Waals surface area contributed by atoms with Crippen molar-refractivity contribution >= 4 is 34.8 Å². The number of hydrogen-bond acceptors (Lipinski definition) is 7. The van der Waals surface area contributed by atoms with E-state index >= 15 is 4.39 Å². The van der Waals surface area contributed by atoms with Gasteiger partial charge in [0.05, 0.1) is 24.8 Å². The number of halogens is 2. The molecule has 0 fully saturated rings. The average molecular weight is 521 g/mol. The van der Waals surface area contributed by atoms with Crippen LogP contribution in [0.2, 0.25) is 5.02 Å². The number of hydrogen-bond donors (Lipinski definition) is 1. The second-order valence-corrected chi connectivity index (χ2v) is 8.47. The highest BCUT2D eigenvalue weighted by atomic mass is 35.5. The number of rotatable bonds is 9. The Morgan fingerprint density at radius 3 is 2.32 bits per heavy atom. The lowest BCUT2D eigenvalue weighted by Gasteiger charge is -2.27. The normalized spacial score (nSPS) is 10.6. The van der Waals surface area contributed by atoms with E-state index in [-0.39, 0.29) is 27.9 Å². The number of carbonyl (C=O) groups excluding carboxylic acids is 1. The Kier molecular flexibility index (Phi) is 8.20. The Morgan fingerprint density at radius 1 is 1.00 bits per heavy atom. The van der Waals surface area contributed by atoms with Crippen LogP contribution in [-0.2, 0) is 4.74 Å². The highest BCUT2D eigenvalue weighted by Gasteiger charge is 2.25. The van der Waals surface area contributed by atoms with E-state index in [9.17, 15) is 4.79 Å². The molecule has 4 aromatic rings. The maximum absolute atomic E-state index is 15.4. The average Bonchev–Trinajstić information content (AvgIpc) is 2.93. The van der Waals surface area contributed by atoms with E-state index in [0.717, 1.165) is 11.4 Å². The van der Waals surface area contributed by atoms with Gasteiger partial charge in [-0.15, -0.1) is 0 Å². The highest BCUT2D eigenvalue weighted by molar-refractivity contribution is 6.32. The van der Waals surface area contributed by atoms with Crippen molar-refractivity contribution in [3.63, 3.8) is 0 Å². The summed E-state index contributed by atoms with van der Waals surface area (Å²) in [4.78, 5) is 23.8. The number of methoxy groups -OCH3 is 2. The second kappa shape index (κ2) is 11.7. The summed E-state index contributed by atoms with van der Waals surface area (Å²) in [6.45, 7) is 2.79. The topological polar surface area (TPSA) is 76.6 Å². The van der Waals surface area contributed by atoms with Gasteiger partial charge in [-0.25, -0.2) is 19.2 Å². The molecule has 0 unspecified atom stereocenters. The van der Waals surface area contributed by atoms with E-state index in [1.54, 1.807) is 6.92 Å². The predicted octanol–water partition coefficient (Wildman–Crippen LogP) is 6.29. The van der Waals surface area contributed by atoms with Crippen molar-refractivity contribution in [2.24, 2.45) is 0 Å². The number of esters is 1. The van der Waals surface area contributed by atoms with Crippen LogP contribution in [0.1, 0.15) is 16.1 Å². The van der Waals surface area contributed by atoms with Crippen molar-refractivity contribution in [1.29, 1.82) is 0 Å². The molecule has 37 heavy (non-hydrogen) atoms. The number of nitrogens with zero attached hydrogens (tertiary/aromatic N) is 3. The Bertz CT molecular complexity index is 1390. The number of anilines is 3. The fourth-order valence-electron chi connectivity index (χ4n) is 3.91. The zero-order valence-corrected chi connectivity index (χ0v) is 21.4. The fraction of sp³-hybridized carbons (Fsp3) is 0.179. The first-order valence-corrected chi connectivity index (χ1v) is 11.9. The molecule has 7 nitrogen and oxygen atoms in total. The summed E-state index contributed by atoms with van der Waals surface area (Å²) in [5, 5.41) is 3.50. The summed E-state index contributed by atoms with van der Waals surface area (Å²) in [6.07, 6.45) is 0. The molecule has 190 valence electrons. The van der Waals surface area contributed by atoms with Crippen LogP contribution in [0.3, 0.4) is 0 Å². The van der Waals surface area contributed by atoms with E-state index in [1.165, 1.54) is 26.4 Å². The van der Waals surface area contributed by atoms with Crippen LogP contribution in [0, 0.1) is 12.7 Å². The molecule has 0 saturated heterocycles. The Balaban J connectivity index is 1.84. The summed E-state index contributed by atoms with van der Waals surface area (Å²) in [5.41, 5.74) is 2.40. The SMILES string of the molecule is COC(=O)c1nc(-c2ccc(Cl)c(OC)c2F)nc(N(CCNc2ccccc2)c2ccccc2)c1C. The van der Waals surface area contributed by atoms with Crippen molar-refractivity contribution < 1.29 is 18.7 Å². The van der Waals surface area contributed by atoms with Crippen LogP contribution >= 0.6 is 11.6 Å². The molecular formula is C28H26ClFN4O3. The fourth-order valence-corrected chi connectivity index (χ4v) is 4.13. The van der Waals surface area contributed by atoms with Gasteiger partial charge in [-0.2, -0.15) is 0 Å². The zero-order valence-electron chi connectivity index (χ0n) is 20.7. The van der Waals surface area contributed by atoms with E-state index in [2.05, 4.69) is 10.3 Å². The molecule has 0 saturated carbocycles. The molecule has 0 radical (unpaired) electrons. The largest absolute Gasteiger partial charge is 0.492 e. The third kappa shape index (κ3) is 5.65. The number of carbonyl (C=O) groups is 1. The van der Waals surface area contributed by atoms with Crippen LogP contribution < -0.4 is 15.0 Å². The van der Waals surface area contributed by atoms with Crippen molar-refractivity contribution in [3.05, 3.63) is 94.9 Å². The Morgan fingerprint density at radius 2 is 1.68 bits per heavy atom. The molecule has 1 heterocycles. The first kappa shape index (κ1) is 25.9. The molecule has 1 N–H and O–H groups in total. The van der Waals surface area contributed by atoms with Gasteiger partial charge in [-0.3, -0.25) is 0 Å². The van der Waals surface area contributed by atoms with Crippen molar-refractivity contribution in [2.75, 3.05) is 37.5 Å². The van der Waals surface area contributed by atoms with Gasteiger partial charge >= 0.3 is 5.97 Å². The Hall–Kier alpha value is -4.17. The van der Waals surface area contributed by atoms with Crippen LogP contribution in [-0.4, -0.2) is 43.2 Å². The quantitative estimate of drug-likeness (QED) is 0.260. The van der Waals surface area contributed by atoms with Crippen LogP contribution in [0.15, 0.2) is 72.8 Å². The molecule has 0 aliphatic carbocycles. The van der Waals surface area contributed by atoms with E-state index < -0.39 is 11.8 Å². The number of nitrogens with one attached hydrogen (secondary N) is 1. The van der Waals surface area contributed by atoms with Gasteiger partial charge in [0.1, 0.15) is 5.82 Å². The maximum Gasteiger partial charge on any atom is 0.357 e. The summed E-state index contributed by atoms with van der Waals surface area (Å²) in [6, 6.07) is 22.4. The molecule has 0 spiro atoms. The highest BCUT2D eigenvalue weighted by Crippen LogP contribution is 2.36. The maximum atomic E-state index is 15.4. The standard InChI is InChI=1S/C28H26ClFN4O3/c1-18-24(28(35)37-3)32-26(21-14-15-22(29)25(36-2)23(21)30)33-27(18)34(20-12-8-5-9-13-20)17-16-31-19-10-6-4-7-11-19/h4-15,31H,16-17H2,1-3H3. The molecule has 9 heteroatoms. The minimum atomic E-state index is -0.724. The lowest BCUT2D eigenvalue weighted by Crippen LogP contribution is -2.27. The number of aromatic nitrogens is 2. The lowest BCUT2D eigenvalue weighted by molar-refractivity contribution is 0.0593. The summed E-state index contributed by atoms with van der Waals surface area (Å²) >= 11 is 6.09. The van der Waals surface area contributed by atoms with Gasteiger partial charge in [0, 0.05) is 30.0 Å². The molecule has 0 amide bonds. The molecule has 3 aromatic carbocycles. The van der Waals surface area contributed by atoms with Gasteiger partial charge in [-0.1, -0.05) is 48.0 Å². The van der Waals surface area contributed by atoms with E-state index in [4.69, 9.17) is 26.1 Å². The van der Waals surface area contributed by atoms with Gasteiger partial charge in [0.2, 0.25) is 0 Å². The molecule has 1 aromatic heterocycles. The van der Waals surface area contributed by atoms with Gasteiger partial charge in [0.15, 0.2) is 23.1 Å². The number of benzene rings is 3. The van der Waals surface area contributed by atoms with Crippen LogP contribution in [0.4, 0.5) is 21.6 Å². The van der Waals surface area contributed by atoms with Crippen molar-refractivity contribution in [2.45, 2.75) is 6.92 Å². The summed E-state index contributed by atoms with van der Waals surface area (Å²) in [7, 11) is 2.60. The monoisotopic (exact) mass is 520 g/mol. The van der Waals surface area contributed by atoms with Gasteiger partial charge in [0.25, 0.3) is 0 Å². The Labute approximate surface area is 219 Å². The van der Waals surface area contributed by atoms with E-state index in [0.29, 0.717) is 24.5 Å². The van der Waals surface area contributed by atoms with Gasteiger partial charge in [-0.05, 0) is 43.3 Å². The first-order valence-electron chi connectivity index (χ1n) is 11.6. The first-order chi connectivity index (χ1) is 17.9. The molecule has 0 aliphatic rings. The minimum Gasteiger partial charge on any atom is -0.492 e. The van der Waals surface area contributed by atoms with Crippen LogP contribution in [0.5, 0.6) is 5.75 Å². The minimum absolute atomic E-state index is 0.00502. The van der Waals surface area contributed by atoms with E-state index in [1.807, 2.05) is 65.6 Å².